The Bertz CT molecular complexity index is 261. The second kappa shape index (κ2) is 8.85. The Labute approximate surface area is 121 Å². The summed E-state index contributed by atoms with van der Waals surface area (Å²) in [6, 6.07) is 0.661. The largest absolute Gasteiger partial charge is 0.355 e. The standard InChI is InChI=1S/C15H28N2OS/c18-15(11-13-5-2-1-3-6-13)17-9-8-16-14-7-4-10-19-12-14/h13-14,16H,1-12H2,(H,17,18). The van der Waals surface area contributed by atoms with Gasteiger partial charge in [-0.05, 0) is 37.4 Å². The molecular formula is C15H28N2OS. The maximum atomic E-state index is 11.8. The van der Waals surface area contributed by atoms with Crippen LogP contribution in [-0.2, 0) is 4.79 Å². The number of thioether (sulfide) groups is 1. The molecule has 1 heterocycles. The molecule has 0 aromatic heterocycles. The van der Waals surface area contributed by atoms with Gasteiger partial charge in [0, 0.05) is 31.3 Å². The number of hydrogen-bond donors (Lipinski definition) is 2. The fourth-order valence-corrected chi connectivity index (χ4v) is 4.21. The summed E-state index contributed by atoms with van der Waals surface area (Å²) < 4.78 is 0. The first-order valence-corrected chi connectivity index (χ1v) is 9.08. The van der Waals surface area contributed by atoms with Crippen molar-refractivity contribution in [2.24, 2.45) is 5.92 Å². The van der Waals surface area contributed by atoms with Crippen molar-refractivity contribution >= 4 is 17.7 Å². The summed E-state index contributed by atoms with van der Waals surface area (Å²) in [7, 11) is 0. The monoisotopic (exact) mass is 284 g/mol. The Morgan fingerprint density at radius 1 is 1.05 bits per heavy atom. The summed E-state index contributed by atoms with van der Waals surface area (Å²) in [5.41, 5.74) is 0. The Hall–Kier alpha value is -0.220. The lowest BCUT2D eigenvalue weighted by Crippen LogP contribution is -2.39. The summed E-state index contributed by atoms with van der Waals surface area (Å²) in [6.45, 7) is 1.70. The predicted molar refractivity (Wildman–Crippen MR) is 82.6 cm³/mol. The molecule has 3 nitrogen and oxygen atoms in total. The highest BCUT2D eigenvalue weighted by Crippen LogP contribution is 2.25. The maximum Gasteiger partial charge on any atom is 0.220 e. The second-order valence-electron chi connectivity index (χ2n) is 5.93. The zero-order valence-electron chi connectivity index (χ0n) is 12.0. The zero-order valence-corrected chi connectivity index (χ0v) is 12.8. The number of rotatable bonds is 6. The van der Waals surface area contributed by atoms with E-state index in [1.54, 1.807) is 0 Å². The minimum atomic E-state index is 0.256. The van der Waals surface area contributed by atoms with Crippen LogP contribution in [0.3, 0.4) is 0 Å². The normalized spacial score (nSPS) is 25.2. The van der Waals surface area contributed by atoms with Crippen LogP contribution in [0.2, 0.25) is 0 Å². The zero-order chi connectivity index (χ0) is 13.3. The molecule has 1 amide bonds. The van der Waals surface area contributed by atoms with Gasteiger partial charge < -0.3 is 10.6 Å². The van der Waals surface area contributed by atoms with Gasteiger partial charge in [0.15, 0.2) is 0 Å². The van der Waals surface area contributed by atoms with Crippen LogP contribution in [0.15, 0.2) is 0 Å². The van der Waals surface area contributed by atoms with Crippen molar-refractivity contribution in [3.05, 3.63) is 0 Å². The number of nitrogens with one attached hydrogen (secondary N) is 2. The highest BCUT2D eigenvalue weighted by atomic mass is 32.2. The fraction of sp³-hybridized carbons (Fsp3) is 0.933. The molecule has 2 fully saturated rings. The van der Waals surface area contributed by atoms with Crippen LogP contribution >= 0.6 is 11.8 Å². The van der Waals surface area contributed by atoms with E-state index in [9.17, 15) is 4.79 Å². The molecule has 1 aliphatic heterocycles. The van der Waals surface area contributed by atoms with Gasteiger partial charge >= 0.3 is 0 Å². The molecule has 0 aromatic carbocycles. The lowest BCUT2D eigenvalue weighted by atomic mass is 9.87. The smallest absolute Gasteiger partial charge is 0.220 e. The van der Waals surface area contributed by atoms with Crippen molar-refractivity contribution in [3.63, 3.8) is 0 Å². The van der Waals surface area contributed by atoms with Crippen molar-refractivity contribution in [1.82, 2.24) is 10.6 Å². The Balaban J connectivity index is 1.48. The van der Waals surface area contributed by atoms with E-state index < -0.39 is 0 Å². The van der Waals surface area contributed by atoms with Gasteiger partial charge in [-0.15, -0.1) is 0 Å². The van der Waals surface area contributed by atoms with Crippen LogP contribution in [-0.4, -0.2) is 36.5 Å². The van der Waals surface area contributed by atoms with E-state index in [1.807, 2.05) is 11.8 Å². The highest BCUT2D eigenvalue weighted by Gasteiger charge is 2.17. The van der Waals surface area contributed by atoms with Crippen molar-refractivity contribution in [2.75, 3.05) is 24.6 Å². The average Bonchev–Trinajstić information content (AvgIpc) is 2.46. The predicted octanol–water partition coefficient (Wildman–Crippen LogP) is 2.56. The minimum absolute atomic E-state index is 0.256. The Morgan fingerprint density at radius 3 is 2.63 bits per heavy atom. The highest BCUT2D eigenvalue weighted by molar-refractivity contribution is 7.99. The minimum Gasteiger partial charge on any atom is -0.355 e. The SMILES string of the molecule is O=C(CC1CCCCC1)NCCNC1CCCSC1. The van der Waals surface area contributed by atoms with Gasteiger partial charge in [-0.2, -0.15) is 11.8 Å². The summed E-state index contributed by atoms with van der Waals surface area (Å²) in [5.74, 6) is 3.45. The van der Waals surface area contributed by atoms with Crippen molar-refractivity contribution in [1.29, 1.82) is 0 Å². The topological polar surface area (TPSA) is 41.1 Å². The van der Waals surface area contributed by atoms with Gasteiger partial charge in [0.1, 0.15) is 0 Å². The van der Waals surface area contributed by atoms with E-state index in [0.717, 1.165) is 19.5 Å². The molecule has 4 heteroatoms. The van der Waals surface area contributed by atoms with E-state index in [-0.39, 0.29) is 5.91 Å². The van der Waals surface area contributed by atoms with Gasteiger partial charge in [0.05, 0.1) is 0 Å². The molecule has 1 unspecified atom stereocenters. The second-order valence-corrected chi connectivity index (χ2v) is 7.08. The lowest BCUT2D eigenvalue weighted by molar-refractivity contribution is -0.122. The quantitative estimate of drug-likeness (QED) is 0.737. The molecule has 1 saturated carbocycles. The van der Waals surface area contributed by atoms with Crippen LogP contribution in [0, 0.1) is 5.92 Å². The lowest BCUT2D eigenvalue weighted by Gasteiger charge is -2.23. The van der Waals surface area contributed by atoms with E-state index in [4.69, 9.17) is 0 Å². The molecule has 2 aliphatic rings. The van der Waals surface area contributed by atoms with Crippen LogP contribution in [0.25, 0.3) is 0 Å². The molecule has 0 bridgehead atoms. The van der Waals surface area contributed by atoms with Crippen molar-refractivity contribution in [2.45, 2.75) is 57.4 Å². The summed E-state index contributed by atoms with van der Waals surface area (Å²) in [4.78, 5) is 11.8. The van der Waals surface area contributed by atoms with Gasteiger partial charge in [-0.3, -0.25) is 4.79 Å². The van der Waals surface area contributed by atoms with E-state index in [2.05, 4.69) is 10.6 Å². The van der Waals surface area contributed by atoms with Gasteiger partial charge in [-0.1, -0.05) is 19.3 Å². The molecule has 19 heavy (non-hydrogen) atoms. The molecule has 0 aromatic rings. The van der Waals surface area contributed by atoms with Crippen molar-refractivity contribution < 1.29 is 4.79 Å². The number of carbonyl (C=O) groups is 1. The molecule has 0 spiro atoms. The van der Waals surface area contributed by atoms with Crippen molar-refractivity contribution in [3.8, 4) is 0 Å². The molecule has 1 atom stereocenters. The van der Waals surface area contributed by atoms with Crippen LogP contribution in [0.4, 0.5) is 0 Å². The van der Waals surface area contributed by atoms with E-state index in [1.165, 1.54) is 56.5 Å². The molecular weight excluding hydrogens is 256 g/mol. The third-order valence-corrected chi connectivity index (χ3v) is 5.45. The summed E-state index contributed by atoms with van der Waals surface area (Å²) >= 11 is 2.04. The summed E-state index contributed by atoms with van der Waals surface area (Å²) in [5, 5.41) is 6.61. The van der Waals surface area contributed by atoms with Gasteiger partial charge in [0.2, 0.25) is 5.91 Å². The average molecular weight is 284 g/mol. The maximum absolute atomic E-state index is 11.8. The Kier molecular flexibility index (Phi) is 7.07. The number of hydrogen-bond acceptors (Lipinski definition) is 3. The van der Waals surface area contributed by atoms with Crippen LogP contribution in [0.5, 0.6) is 0 Å². The molecule has 1 aliphatic carbocycles. The molecule has 1 saturated heterocycles. The van der Waals surface area contributed by atoms with E-state index in [0.29, 0.717) is 12.0 Å². The fourth-order valence-electron chi connectivity index (χ4n) is 3.11. The molecule has 2 N–H and O–H groups in total. The third-order valence-electron chi connectivity index (χ3n) is 4.24. The first-order chi connectivity index (χ1) is 9.34. The first kappa shape index (κ1) is 15.2. The third kappa shape index (κ3) is 6.17. The van der Waals surface area contributed by atoms with Crippen LogP contribution in [0.1, 0.15) is 51.4 Å². The molecule has 110 valence electrons. The summed E-state index contributed by atoms with van der Waals surface area (Å²) in [6.07, 6.45) is 9.88. The number of carbonyl (C=O) groups excluding carboxylic acids is 1. The molecule has 0 radical (unpaired) electrons. The van der Waals surface area contributed by atoms with Gasteiger partial charge in [-0.25, -0.2) is 0 Å². The van der Waals surface area contributed by atoms with E-state index >= 15 is 0 Å². The first-order valence-electron chi connectivity index (χ1n) is 7.92. The van der Waals surface area contributed by atoms with Gasteiger partial charge in [0.25, 0.3) is 0 Å². The molecule has 2 rings (SSSR count). The van der Waals surface area contributed by atoms with Crippen LogP contribution < -0.4 is 10.6 Å². The number of amides is 1. The Morgan fingerprint density at radius 2 is 1.89 bits per heavy atom.